The summed E-state index contributed by atoms with van der Waals surface area (Å²) in [7, 11) is 0. The van der Waals surface area contributed by atoms with Crippen molar-refractivity contribution < 1.29 is 0 Å². The highest BCUT2D eigenvalue weighted by Gasteiger charge is 2.18. The summed E-state index contributed by atoms with van der Waals surface area (Å²) in [6.45, 7) is 0. The first kappa shape index (κ1) is 22.1. The second kappa shape index (κ2) is 8.55. The average Bonchev–Trinajstić information content (AvgIpc) is 3.51. The molecule has 1 aliphatic carbocycles. The van der Waals surface area contributed by atoms with E-state index in [9.17, 15) is 0 Å². The summed E-state index contributed by atoms with van der Waals surface area (Å²) in [4.78, 5) is 0. The van der Waals surface area contributed by atoms with Gasteiger partial charge in [0, 0.05) is 54.0 Å². The standard InChI is InChI=1S/C35H23N3S/c36-30-12-4-1-10-27(30)35-24(11-7-19-37-35)22-15-17-23(18-16-22)38-31-13-5-2-8-25(31)28-21-34-29(20-32(28)38)26-9-3-6-14-33(26)39-34/h1-21,36-37H/b35-27-,36-30?. The Bertz CT molecular complexity index is 2140. The molecule has 2 aromatic heterocycles. The van der Waals surface area contributed by atoms with Gasteiger partial charge < -0.3 is 15.3 Å². The summed E-state index contributed by atoms with van der Waals surface area (Å²) >= 11 is 1.86. The first-order valence-electron chi connectivity index (χ1n) is 13.0. The number of benzene rings is 4. The average molecular weight is 518 g/mol. The molecule has 6 aromatic rings. The Morgan fingerprint density at radius 3 is 2.33 bits per heavy atom. The number of dihydropyridines is 1. The smallest absolute Gasteiger partial charge is 0.0633 e. The maximum absolute atomic E-state index is 8.42. The van der Waals surface area contributed by atoms with Crippen molar-refractivity contribution in [3.05, 3.63) is 144 Å². The van der Waals surface area contributed by atoms with Crippen molar-refractivity contribution in [2.75, 3.05) is 0 Å². The van der Waals surface area contributed by atoms with Gasteiger partial charge in [-0.05, 0) is 54.1 Å². The zero-order valence-corrected chi connectivity index (χ0v) is 21.8. The fourth-order valence-electron chi connectivity index (χ4n) is 5.86. The number of para-hydroxylation sites is 1. The number of nitrogens with one attached hydrogen (secondary N) is 2. The van der Waals surface area contributed by atoms with E-state index in [1.54, 1.807) is 0 Å². The molecule has 4 heteroatoms. The number of thiophene rings is 1. The monoisotopic (exact) mass is 517 g/mol. The molecular weight excluding hydrogens is 494 g/mol. The van der Waals surface area contributed by atoms with Crippen molar-refractivity contribution in [3.8, 4) is 5.69 Å². The summed E-state index contributed by atoms with van der Waals surface area (Å²) in [6.07, 6.45) is 13.8. The molecule has 4 aromatic carbocycles. The normalized spacial score (nSPS) is 17.0. The number of nitrogens with zero attached hydrogens (tertiary/aromatic N) is 1. The van der Waals surface area contributed by atoms with Gasteiger partial charge in [0.25, 0.3) is 0 Å². The molecule has 0 fully saturated rings. The largest absolute Gasteiger partial charge is 0.361 e. The molecule has 3 nitrogen and oxygen atoms in total. The summed E-state index contributed by atoms with van der Waals surface area (Å²) in [5.74, 6) is 0. The third-order valence-corrected chi connectivity index (χ3v) is 8.79. The first-order valence-corrected chi connectivity index (χ1v) is 13.8. The van der Waals surface area contributed by atoms with Crippen LogP contribution in [-0.4, -0.2) is 10.3 Å². The Labute approximate surface area is 229 Å². The van der Waals surface area contributed by atoms with E-state index in [4.69, 9.17) is 5.41 Å². The molecule has 0 unspecified atom stereocenters. The van der Waals surface area contributed by atoms with Crippen LogP contribution in [0, 0.1) is 5.41 Å². The molecule has 2 aliphatic rings. The molecule has 0 saturated carbocycles. The molecule has 1 aliphatic heterocycles. The van der Waals surface area contributed by atoms with Crippen LogP contribution in [-0.2, 0) is 0 Å². The van der Waals surface area contributed by atoms with Crippen molar-refractivity contribution in [3.63, 3.8) is 0 Å². The molecule has 3 heterocycles. The van der Waals surface area contributed by atoms with Crippen LogP contribution in [0.5, 0.6) is 0 Å². The molecule has 0 atom stereocenters. The minimum absolute atomic E-state index is 0.510. The molecular formula is C35H23N3S. The van der Waals surface area contributed by atoms with Crippen LogP contribution in [0.2, 0.25) is 0 Å². The Balaban J connectivity index is 1.31. The van der Waals surface area contributed by atoms with Crippen molar-refractivity contribution in [2.45, 2.75) is 0 Å². The number of rotatable bonds is 2. The Kier molecular flexibility index (Phi) is 4.84. The lowest BCUT2D eigenvalue weighted by molar-refractivity contribution is 1.09. The van der Waals surface area contributed by atoms with Crippen molar-refractivity contribution >= 4 is 64.6 Å². The van der Waals surface area contributed by atoms with E-state index in [1.807, 2.05) is 47.9 Å². The molecule has 184 valence electrons. The summed E-state index contributed by atoms with van der Waals surface area (Å²) in [5, 5.41) is 17.0. The van der Waals surface area contributed by atoms with E-state index in [0.717, 1.165) is 28.1 Å². The van der Waals surface area contributed by atoms with Gasteiger partial charge in [0.2, 0.25) is 0 Å². The van der Waals surface area contributed by atoms with Gasteiger partial charge in [-0.1, -0.05) is 72.8 Å². The quantitative estimate of drug-likeness (QED) is 0.236. The van der Waals surface area contributed by atoms with Crippen LogP contribution in [0.3, 0.4) is 0 Å². The fourth-order valence-corrected chi connectivity index (χ4v) is 6.98. The van der Waals surface area contributed by atoms with Crippen molar-refractivity contribution in [1.82, 2.24) is 9.88 Å². The van der Waals surface area contributed by atoms with Crippen molar-refractivity contribution in [2.24, 2.45) is 0 Å². The van der Waals surface area contributed by atoms with Gasteiger partial charge in [-0.25, -0.2) is 0 Å². The first-order chi connectivity index (χ1) is 19.3. The number of hydrogen-bond donors (Lipinski definition) is 2. The van der Waals surface area contributed by atoms with Gasteiger partial charge in [0.1, 0.15) is 0 Å². The topological polar surface area (TPSA) is 40.8 Å². The highest BCUT2D eigenvalue weighted by molar-refractivity contribution is 7.25. The van der Waals surface area contributed by atoms with Crippen LogP contribution < -0.4 is 5.32 Å². The Morgan fingerprint density at radius 1 is 0.667 bits per heavy atom. The van der Waals surface area contributed by atoms with E-state index in [2.05, 4.69) is 101 Å². The molecule has 2 N–H and O–H groups in total. The maximum Gasteiger partial charge on any atom is 0.0633 e. The maximum atomic E-state index is 8.42. The molecule has 39 heavy (non-hydrogen) atoms. The van der Waals surface area contributed by atoms with E-state index >= 15 is 0 Å². The minimum Gasteiger partial charge on any atom is -0.361 e. The second-order valence-corrected chi connectivity index (χ2v) is 11.0. The van der Waals surface area contributed by atoms with E-state index in [1.165, 1.54) is 42.0 Å². The van der Waals surface area contributed by atoms with Crippen molar-refractivity contribution in [1.29, 1.82) is 5.41 Å². The summed E-state index contributed by atoms with van der Waals surface area (Å²) < 4.78 is 5.03. The van der Waals surface area contributed by atoms with E-state index in [-0.39, 0.29) is 0 Å². The number of allylic oxidation sites excluding steroid dienone is 8. The van der Waals surface area contributed by atoms with Gasteiger partial charge in [-0.2, -0.15) is 0 Å². The SMILES string of the molecule is N=C1C=CC=C/C1=C1/NC=CC=C1c1ccc(-n2c3ccccc3c3cc4sc5ccccc5c4cc32)cc1. The molecule has 8 rings (SSSR count). The predicted octanol–water partition coefficient (Wildman–Crippen LogP) is 9.05. The lowest BCUT2D eigenvalue weighted by Crippen LogP contribution is -2.16. The third kappa shape index (κ3) is 3.39. The highest BCUT2D eigenvalue weighted by atomic mass is 32.1. The van der Waals surface area contributed by atoms with Crippen LogP contribution in [0.1, 0.15) is 5.56 Å². The molecule has 0 spiro atoms. The van der Waals surface area contributed by atoms with Crippen LogP contribution in [0.25, 0.3) is 53.2 Å². The second-order valence-electron chi connectivity index (χ2n) is 9.87. The molecule has 0 saturated heterocycles. The lowest BCUT2D eigenvalue weighted by Gasteiger charge is -2.20. The lowest BCUT2D eigenvalue weighted by atomic mass is 9.93. The number of hydrogen-bond acceptors (Lipinski definition) is 3. The number of fused-ring (bicyclic) bond motifs is 6. The van der Waals surface area contributed by atoms with Gasteiger partial charge >= 0.3 is 0 Å². The van der Waals surface area contributed by atoms with Gasteiger partial charge in [-0.15, -0.1) is 11.3 Å². The number of aromatic nitrogens is 1. The minimum atomic E-state index is 0.510. The Hall–Kier alpha value is -4.93. The van der Waals surface area contributed by atoms with Gasteiger partial charge in [0.15, 0.2) is 0 Å². The summed E-state index contributed by atoms with van der Waals surface area (Å²) in [5.41, 5.74) is 8.11. The molecule has 0 bridgehead atoms. The van der Waals surface area contributed by atoms with Gasteiger partial charge in [-0.3, -0.25) is 0 Å². The predicted molar refractivity (Wildman–Crippen MR) is 167 cm³/mol. The van der Waals surface area contributed by atoms with E-state index in [0.29, 0.717) is 5.71 Å². The molecule has 0 radical (unpaired) electrons. The Morgan fingerprint density at radius 2 is 1.46 bits per heavy atom. The van der Waals surface area contributed by atoms with Crippen LogP contribution in [0.4, 0.5) is 0 Å². The highest BCUT2D eigenvalue weighted by Crippen LogP contribution is 2.40. The van der Waals surface area contributed by atoms with Crippen LogP contribution in [0.15, 0.2) is 139 Å². The summed E-state index contributed by atoms with van der Waals surface area (Å²) in [6, 6.07) is 30.9. The van der Waals surface area contributed by atoms with Gasteiger partial charge in [0.05, 0.1) is 22.4 Å². The molecule has 0 amide bonds. The van der Waals surface area contributed by atoms with E-state index < -0.39 is 0 Å². The third-order valence-electron chi connectivity index (χ3n) is 7.66. The fraction of sp³-hybridized carbons (Fsp3) is 0. The zero-order chi connectivity index (χ0) is 25.9. The zero-order valence-electron chi connectivity index (χ0n) is 21.0. The van der Waals surface area contributed by atoms with Crippen LogP contribution >= 0.6 is 11.3 Å².